The molecule has 0 heterocycles. The zero-order valence-corrected chi connectivity index (χ0v) is 15.2. The summed E-state index contributed by atoms with van der Waals surface area (Å²) in [4.78, 5) is 23.7. The third-order valence-electron chi connectivity index (χ3n) is 3.34. The molecule has 2 aromatic carbocycles. The summed E-state index contributed by atoms with van der Waals surface area (Å²) >= 11 is 0. The Morgan fingerprint density at radius 1 is 0.889 bits per heavy atom. The van der Waals surface area contributed by atoms with Gasteiger partial charge in [0.05, 0.1) is 13.7 Å². The second-order valence-electron chi connectivity index (χ2n) is 5.32. The van der Waals surface area contributed by atoms with Crippen LogP contribution in [0.25, 0.3) is 0 Å². The maximum absolute atomic E-state index is 12.1. The third-order valence-corrected chi connectivity index (χ3v) is 3.34. The van der Waals surface area contributed by atoms with Crippen molar-refractivity contribution in [3.05, 3.63) is 48.5 Å². The molecule has 0 atom stereocenters. The van der Waals surface area contributed by atoms with Gasteiger partial charge in [0.15, 0.2) is 18.1 Å². The van der Waals surface area contributed by atoms with Crippen LogP contribution in [0.15, 0.2) is 48.5 Å². The molecule has 0 saturated heterocycles. The Morgan fingerprint density at radius 3 is 2.30 bits per heavy atom. The molecule has 2 N–H and O–H groups in total. The predicted molar refractivity (Wildman–Crippen MR) is 100 cm³/mol. The van der Waals surface area contributed by atoms with E-state index in [1.165, 1.54) is 14.2 Å². The van der Waals surface area contributed by atoms with Crippen LogP contribution in [0.2, 0.25) is 0 Å². The lowest BCUT2D eigenvalue weighted by Gasteiger charge is -2.11. The molecule has 2 aromatic rings. The van der Waals surface area contributed by atoms with E-state index in [4.69, 9.17) is 18.9 Å². The van der Waals surface area contributed by atoms with Crippen LogP contribution in [0.5, 0.6) is 11.5 Å². The van der Waals surface area contributed by atoms with Crippen molar-refractivity contribution in [2.45, 2.75) is 0 Å². The Labute approximate surface area is 157 Å². The van der Waals surface area contributed by atoms with E-state index < -0.39 is 6.09 Å². The maximum Gasteiger partial charge on any atom is 0.411 e. The first-order valence-corrected chi connectivity index (χ1v) is 8.21. The largest absolute Gasteiger partial charge is 0.493 e. The molecule has 0 aliphatic heterocycles. The lowest BCUT2D eigenvalue weighted by Crippen LogP contribution is -2.20. The second kappa shape index (κ2) is 10.7. The van der Waals surface area contributed by atoms with Gasteiger partial charge in [0.1, 0.15) is 6.61 Å². The first kappa shape index (κ1) is 20.1. The molecular weight excluding hydrogens is 352 g/mol. The first-order valence-electron chi connectivity index (χ1n) is 8.21. The lowest BCUT2D eigenvalue weighted by atomic mass is 10.2. The van der Waals surface area contributed by atoms with Crippen molar-refractivity contribution in [3.63, 3.8) is 0 Å². The van der Waals surface area contributed by atoms with E-state index >= 15 is 0 Å². The van der Waals surface area contributed by atoms with Crippen LogP contribution in [0.4, 0.5) is 16.2 Å². The third kappa shape index (κ3) is 6.87. The van der Waals surface area contributed by atoms with E-state index in [0.717, 1.165) is 0 Å². The van der Waals surface area contributed by atoms with Gasteiger partial charge < -0.3 is 24.3 Å². The maximum atomic E-state index is 12.1. The van der Waals surface area contributed by atoms with Gasteiger partial charge in [-0.2, -0.15) is 0 Å². The van der Waals surface area contributed by atoms with E-state index in [0.29, 0.717) is 29.5 Å². The summed E-state index contributed by atoms with van der Waals surface area (Å²) in [6.07, 6.45) is -0.602. The molecule has 0 aliphatic carbocycles. The lowest BCUT2D eigenvalue weighted by molar-refractivity contribution is -0.118. The minimum atomic E-state index is -0.602. The summed E-state index contributed by atoms with van der Waals surface area (Å²) in [7, 11) is 3.05. The number of rotatable bonds is 9. The van der Waals surface area contributed by atoms with Gasteiger partial charge in [-0.1, -0.05) is 18.2 Å². The Morgan fingerprint density at radius 2 is 1.59 bits per heavy atom. The van der Waals surface area contributed by atoms with Crippen LogP contribution in [0, 0.1) is 0 Å². The molecule has 2 rings (SSSR count). The monoisotopic (exact) mass is 374 g/mol. The minimum absolute atomic E-state index is 0.152. The molecule has 0 spiro atoms. The molecule has 8 nitrogen and oxygen atoms in total. The van der Waals surface area contributed by atoms with Crippen LogP contribution < -0.4 is 20.1 Å². The number of carbonyl (C=O) groups is 2. The number of hydrogen-bond acceptors (Lipinski definition) is 6. The average molecular weight is 374 g/mol. The fourth-order valence-corrected chi connectivity index (χ4v) is 2.12. The van der Waals surface area contributed by atoms with Crippen LogP contribution in [-0.4, -0.2) is 46.0 Å². The molecule has 0 aromatic heterocycles. The van der Waals surface area contributed by atoms with Gasteiger partial charge in [-0.3, -0.25) is 10.1 Å². The average Bonchev–Trinajstić information content (AvgIpc) is 2.67. The standard InChI is InChI=1S/C19H22N2O6/c1-24-10-11-26-19(23)21-15-7-5-6-14(12-15)20-18(22)13-27-17-9-4-3-8-16(17)25-2/h3-9,12H,10-11,13H2,1-2H3,(H,20,22)(H,21,23). The van der Waals surface area contributed by atoms with Gasteiger partial charge in [0, 0.05) is 18.5 Å². The predicted octanol–water partition coefficient (Wildman–Crippen LogP) is 2.91. The number of para-hydroxylation sites is 2. The highest BCUT2D eigenvalue weighted by atomic mass is 16.6. The molecule has 27 heavy (non-hydrogen) atoms. The fourth-order valence-electron chi connectivity index (χ4n) is 2.12. The van der Waals surface area contributed by atoms with E-state index in [1.807, 2.05) is 6.07 Å². The van der Waals surface area contributed by atoms with Gasteiger partial charge >= 0.3 is 6.09 Å². The molecule has 0 bridgehead atoms. The number of anilines is 2. The molecule has 0 aliphatic rings. The van der Waals surface area contributed by atoms with Crippen LogP contribution in [0.1, 0.15) is 0 Å². The number of amides is 2. The molecular formula is C19H22N2O6. The molecule has 0 radical (unpaired) electrons. The number of carbonyl (C=O) groups excluding carboxylic acids is 2. The van der Waals surface area contributed by atoms with Crippen molar-refractivity contribution in [1.29, 1.82) is 0 Å². The van der Waals surface area contributed by atoms with Crippen molar-refractivity contribution >= 4 is 23.4 Å². The van der Waals surface area contributed by atoms with Crippen molar-refractivity contribution in [3.8, 4) is 11.5 Å². The second-order valence-corrected chi connectivity index (χ2v) is 5.32. The number of benzene rings is 2. The van der Waals surface area contributed by atoms with Crippen molar-refractivity contribution in [2.24, 2.45) is 0 Å². The van der Waals surface area contributed by atoms with Crippen LogP contribution in [0.3, 0.4) is 0 Å². The quantitative estimate of drug-likeness (QED) is 0.656. The first-order chi connectivity index (χ1) is 13.1. The smallest absolute Gasteiger partial charge is 0.411 e. The highest BCUT2D eigenvalue weighted by Gasteiger charge is 2.08. The topological polar surface area (TPSA) is 95.1 Å². The van der Waals surface area contributed by atoms with Crippen LogP contribution in [-0.2, 0) is 14.3 Å². The van der Waals surface area contributed by atoms with Gasteiger partial charge in [-0.05, 0) is 30.3 Å². The molecule has 0 saturated carbocycles. The van der Waals surface area contributed by atoms with Gasteiger partial charge in [0.2, 0.25) is 0 Å². The minimum Gasteiger partial charge on any atom is -0.493 e. The van der Waals surface area contributed by atoms with E-state index in [-0.39, 0.29) is 19.1 Å². The normalized spacial score (nSPS) is 10.0. The Bertz CT molecular complexity index is 765. The SMILES string of the molecule is COCCOC(=O)Nc1cccc(NC(=O)COc2ccccc2OC)c1. The molecule has 2 amide bonds. The van der Waals surface area contributed by atoms with Gasteiger partial charge in [-0.15, -0.1) is 0 Å². The molecule has 0 fully saturated rings. The Balaban J connectivity index is 1.86. The number of methoxy groups -OCH3 is 2. The van der Waals surface area contributed by atoms with E-state index in [1.54, 1.807) is 42.5 Å². The summed E-state index contributed by atoms with van der Waals surface area (Å²) in [5.74, 6) is 0.675. The number of hydrogen-bond donors (Lipinski definition) is 2. The van der Waals surface area contributed by atoms with Crippen LogP contribution >= 0.6 is 0 Å². The van der Waals surface area contributed by atoms with E-state index in [9.17, 15) is 9.59 Å². The summed E-state index contributed by atoms with van der Waals surface area (Å²) in [5.41, 5.74) is 0.999. The summed E-state index contributed by atoms with van der Waals surface area (Å²) < 4.78 is 20.4. The summed E-state index contributed by atoms with van der Waals surface area (Å²) in [6, 6.07) is 13.7. The highest BCUT2D eigenvalue weighted by Crippen LogP contribution is 2.25. The molecule has 144 valence electrons. The molecule has 8 heteroatoms. The Kier molecular flexibility index (Phi) is 7.92. The van der Waals surface area contributed by atoms with E-state index in [2.05, 4.69) is 10.6 Å². The number of nitrogens with one attached hydrogen (secondary N) is 2. The number of ether oxygens (including phenoxy) is 4. The zero-order chi connectivity index (χ0) is 19.5. The van der Waals surface area contributed by atoms with Crippen molar-refractivity contribution in [2.75, 3.05) is 44.7 Å². The zero-order valence-electron chi connectivity index (χ0n) is 15.2. The fraction of sp³-hybridized carbons (Fsp3) is 0.263. The van der Waals surface area contributed by atoms with Crippen molar-refractivity contribution in [1.82, 2.24) is 0 Å². The Hall–Kier alpha value is -3.26. The van der Waals surface area contributed by atoms with Gasteiger partial charge in [-0.25, -0.2) is 4.79 Å². The summed E-state index contributed by atoms with van der Waals surface area (Å²) in [5, 5.41) is 5.27. The summed E-state index contributed by atoms with van der Waals surface area (Å²) in [6.45, 7) is 0.284. The highest BCUT2D eigenvalue weighted by molar-refractivity contribution is 5.93. The molecule has 0 unspecified atom stereocenters. The van der Waals surface area contributed by atoms with Crippen molar-refractivity contribution < 1.29 is 28.5 Å². The van der Waals surface area contributed by atoms with Gasteiger partial charge in [0.25, 0.3) is 5.91 Å².